The lowest BCUT2D eigenvalue weighted by Crippen LogP contribution is -2.26. The van der Waals surface area contributed by atoms with Gasteiger partial charge in [0.05, 0.1) is 25.3 Å². The van der Waals surface area contributed by atoms with Gasteiger partial charge in [0.1, 0.15) is 5.75 Å². The molecule has 0 radical (unpaired) electrons. The van der Waals surface area contributed by atoms with E-state index in [-0.39, 0.29) is 18.9 Å². The number of carbonyl (C=O) groups excluding carboxylic acids is 1. The van der Waals surface area contributed by atoms with E-state index < -0.39 is 11.9 Å². The highest BCUT2D eigenvalue weighted by molar-refractivity contribution is 5.86. The van der Waals surface area contributed by atoms with Crippen LogP contribution in [-0.4, -0.2) is 40.5 Å². The second-order valence-corrected chi connectivity index (χ2v) is 4.65. The van der Waals surface area contributed by atoms with Crippen LogP contribution in [0, 0.1) is 12.8 Å². The van der Waals surface area contributed by atoms with Crippen LogP contribution in [0.5, 0.6) is 5.75 Å². The Morgan fingerprint density at radius 2 is 2.32 bits per heavy atom. The molecule has 0 aliphatic carbocycles. The van der Waals surface area contributed by atoms with Crippen LogP contribution in [-0.2, 0) is 16.1 Å². The summed E-state index contributed by atoms with van der Waals surface area (Å²) in [5.41, 5.74) is 1.51. The van der Waals surface area contributed by atoms with Crippen molar-refractivity contribution in [1.29, 1.82) is 0 Å². The first-order valence-corrected chi connectivity index (χ1v) is 6.01. The van der Waals surface area contributed by atoms with E-state index >= 15 is 0 Å². The van der Waals surface area contributed by atoms with E-state index in [1.54, 1.807) is 19.2 Å². The topological polar surface area (TPSA) is 79.7 Å². The van der Waals surface area contributed by atoms with Crippen molar-refractivity contribution >= 4 is 11.9 Å². The number of amides is 1. The van der Waals surface area contributed by atoms with Gasteiger partial charge in [-0.15, -0.1) is 0 Å². The lowest BCUT2D eigenvalue weighted by atomic mass is 10.1. The zero-order valence-corrected chi connectivity index (χ0v) is 10.9. The zero-order chi connectivity index (χ0) is 14.0. The Morgan fingerprint density at radius 3 is 2.89 bits per heavy atom. The van der Waals surface area contributed by atoms with Crippen molar-refractivity contribution < 1.29 is 19.4 Å². The zero-order valence-electron chi connectivity index (χ0n) is 10.9. The van der Waals surface area contributed by atoms with Gasteiger partial charge in [0.15, 0.2) is 0 Å². The van der Waals surface area contributed by atoms with E-state index in [1.165, 1.54) is 4.90 Å². The largest absolute Gasteiger partial charge is 0.497 e. The monoisotopic (exact) mass is 264 g/mol. The van der Waals surface area contributed by atoms with E-state index in [0.717, 1.165) is 5.69 Å². The standard InChI is InChI=1S/C13H16N2O4/c1-8-3-11(19-2)5-10(14-8)7-15-6-9(13(17)18)4-12(15)16/h3,5,9H,4,6-7H2,1-2H3,(H,17,18). The second kappa shape index (κ2) is 5.26. The van der Waals surface area contributed by atoms with Gasteiger partial charge in [0, 0.05) is 30.8 Å². The fourth-order valence-corrected chi connectivity index (χ4v) is 2.19. The highest BCUT2D eigenvalue weighted by Gasteiger charge is 2.34. The number of likely N-dealkylation sites (tertiary alicyclic amines) is 1. The molecule has 1 atom stereocenters. The molecule has 1 N–H and O–H groups in total. The molecule has 2 heterocycles. The number of rotatable bonds is 4. The number of pyridine rings is 1. The van der Waals surface area contributed by atoms with Crippen LogP contribution in [0.2, 0.25) is 0 Å². The molecule has 102 valence electrons. The number of ether oxygens (including phenoxy) is 1. The Labute approximate surface area is 111 Å². The molecule has 1 fully saturated rings. The molecule has 0 bridgehead atoms. The summed E-state index contributed by atoms with van der Waals surface area (Å²) in [5.74, 6) is -0.997. The average Bonchev–Trinajstić information content (AvgIpc) is 2.70. The number of methoxy groups -OCH3 is 1. The molecular formula is C13H16N2O4. The molecule has 1 aliphatic heterocycles. The fraction of sp³-hybridized carbons (Fsp3) is 0.462. The lowest BCUT2D eigenvalue weighted by molar-refractivity contribution is -0.141. The molecular weight excluding hydrogens is 248 g/mol. The van der Waals surface area contributed by atoms with E-state index in [0.29, 0.717) is 18.0 Å². The average molecular weight is 264 g/mol. The quantitative estimate of drug-likeness (QED) is 0.871. The molecule has 1 aliphatic rings. The van der Waals surface area contributed by atoms with Crippen molar-refractivity contribution in [3.8, 4) is 5.75 Å². The highest BCUT2D eigenvalue weighted by Crippen LogP contribution is 2.21. The molecule has 1 aromatic rings. The molecule has 6 heteroatoms. The molecule has 2 rings (SSSR count). The van der Waals surface area contributed by atoms with Crippen LogP contribution >= 0.6 is 0 Å². The molecule has 0 spiro atoms. The molecule has 1 saturated heterocycles. The minimum atomic E-state index is -0.925. The smallest absolute Gasteiger partial charge is 0.308 e. The van der Waals surface area contributed by atoms with Gasteiger partial charge < -0.3 is 14.7 Å². The van der Waals surface area contributed by atoms with E-state index in [1.807, 2.05) is 6.92 Å². The predicted molar refractivity (Wildman–Crippen MR) is 66.7 cm³/mol. The number of carbonyl (C=O) groups is 2. The molecule has 1 unspecified atom stereocenters. The number of nitrogens with zero attached hydrogens (tertiary/aromatic N) is 2. The SMILES string of the molecule is COc1cc(C)nc(CN2CC(C(=O)O)CC2=O)c1. The number of aromatic nitrogens is 1. The Balaban J connectivity index is 2.11. The summed E-state index contributed by atoms with van der Waals surface area (Å²) in [7, 11) is 1.57. The van der Waals surface area contributed by atoms with Crippen LogP contribution in [0.1, 0.15) is 17.8 Å². The summed E-state index contributed by atoms with van der Waals surface area (Å²) < 4.78 is 5.15. The van der Waals surface area contributed by atoms with Crippen molar-refractivity contribution in [3.05, 3.63) is 23.5 Å². The number of aryl methyl sites for hydroxylation is 1. The summed E-state index contributed by atoms with van der Waals surface area (Å²) in [6.45, 7) is 2.41. The maximum Gasteiger partial charge on any atom is 0.308 e. The van der Waals surface area contributed by atoms with Crippen molar-refractivity contribution in [2.45, 2.75) is 19.9 Å². The van der Waals surface area contributed by atoms with Crippen molar-refractivity contribution in [2.75, 3.05) is 13.7 Å². The van der Waals surface area contributed by atoms with Crippen molar-refractivity contribution in [3.63, 3.8) is 0 Å². The van der Waals surface area contributed by atoms with E-state index in [9.17, 15) is 9.59 Å². The maximum atomic E-state index is 11.7. The number of carboxylic acids is 1. The first-order chi connectivity index (χ1) is 8.99. The maximum absolute atomic E-state index is 11.7. The van der Waals surface area contributed by atoms with Crippen LogP contribution in [0.3, 0.4) is 0 Å². The van der Waals surface area contributed by atoms with Gasteiger partial charge in [0.2, 0.25) is 5.91 Å². The van der Waals surface area contributed by atoms with Crippen LogP contribution in [0.25, 0.3) is 0 Å². The third kappa shape index (κ3) is 3.01. The van der Waals surface area contributed by atoms with Crippen LogP contribution in [0.15, 0.2) is 12.1 Å². The van der Waals surface area contributed by atoms with Gasteiger partial charge in [-0.05, 0) is 6.92 Å². The normalized spacial score (nSPS) is 18.7. The summed E-state index contributed by atoms with van der Waals surface area (Å²) >= 11 is 0. The van der Waals surface area contributed by atoms with Gasteiger partial charge in [-0.2, -0.15) is 0 Å². The van der Waals surface area contributed by atoms with Crippen LogP contribution in [0.4, 0.5) is 0 Å². The lowest BCUT2D eigenvalue weighted by Gasteiger charge is -2.16. The Hall–Kier alpha value is -2.11. The molecule has 0 saturated carbocycles. The fourth-order valence-electron chi connectivity index (χ4n) is 2.19. The van der Waals surface area contributed by atoms with Crippen molar-refractivity contribution in [1.82, 2.24) is 9.88 Å². The predicted octanol–water partition coefficient (Wildman–Crippen LogP) is 0.832. The summed E-state index contributed by atoms with van der Waals surface area (Å²) in [5, 5.41) is 8.93. The van der Waals surface area contributed by atoms with E-state index in [2.05, 4.69) is 4.98 Å². The first kappa shape index (κ1) is 13.3. The summed E-state index contributed by atoms with van der Waals surface area (Å²) in [4.78, 5) is 28.5. The first-order valence-electron chi connectivity index (χ1n) is 6.01. The van der Waals surface area contributed by atoms with Gasteiger partial charge in [-0.3, -0.25) is 14.6 Å². The number of hydrogen-bond acceptors (Lipinski definition) is 4. The third-order valence-electron chi connectivity index (χ3n) is 3.13. The summed E-state index contributed by atoms with van der Waals surface area (Å²) in [6.07, 6.45) is 0.0677. The van der Waals surface area contributed by atoms with Crippen LogP contribution < -0.4 is 4.74 Å². The second-order valence-electron chi connectivity index (χ2n) is 4.65. The van der Waals surface area contributed by atoms with Gasteiger partial charge in [-0.1, -0.05) is 0 Å². The van der Waals surface area contributed by atoms with Gasteiger partial charge in [-0.25, -0.2) is 0 Å². The molecule has 1 amide bonds. The molecule has 19 heavy (non-hydrogen) atoms. The Kier molecular flexibility index (Phi) is 3.69. The molecule has 0 aromatic carbocycles. The Morgan fingerprint density at radius 1 is 1.58 bits per heavy atom. The minimum Gasteiger partial charge on any atom is -0.497 e. The number of carboxylic acid groups (broad SMARTS) is 1. The number of aliphatic carboxylic acids is 1. The number of hydrogen-bond donors (Lipinski definition) is 1. The summed E-state index contributed by atoms with van der Waals surface area (Å²) in [6, 6.07) is 3.56. The van der Waals surface area contributed by atoms with Gasteiger partial charge in [0.25, 0.3) is 0 Å². The third-order valence-corrected chi connectivity index (χ3v) is 3.13. The van der Waals surface area contributed by atoms with E-state index in [4.69, 9.17) is 9.84 Å². The highest BCUT2D eigenvalue weighted by atomic mass is 16.5. The minimum absolute atomic E-state index is 0.0677. The van der Waals surface area contributed by atoms with Crippen molar-refractivity contribution in [2.24, 2.45) is 5.92 Å². The molecule has 1 aromatic heterocycles. The Bertz CT molecular complexity index is 515. The molecule has 6 nitrogen and oxygen atoms in total. The van der Waals surface area contributed by atoms with Gasteiger partial charge >= 0.3 is 5.97 Å².